The lowest BCUT2D eigenvalue weighted by Crippen LogP contribution is -2.19. The van der Waals surface area contributed by atoms with Crippen molar-refractivity contribution in [2.24, 2.45) is 0 Å². The van der Waals surface area contributed by atoms with E-state index in [1.54, 1.807) is 20.0 Å². The molecule has 0 aliphatic heterocycles. The Morgan fingerprint density at radius 2 is 1.53 bits per heavy atom. The predicted octanol–water partition coefficient (Wildman–Crippen LogP) is 3.72. The molecule has 0 saturated heterocycles. The van der Waals surface area contributed by atoms with Crippen molar-refractivity contribution in [1.29, 1.82) is 0 Å². The fourth-order valence-electron chi connectivity index (χ4n) is 2.21. The third-order valence-electron chi connectivity index (χ3n) is 3.05. The molecule has 4 heteroatoms. The average molecular weight is 265 g/mol. The number of aryl methyl sites for hydroxylation is 1. The van der Waals surface area contributed by atoms with Crippen LogP contribution in [0.3, 0.4) is 0 Å². The van der Waals surface area contributed by atoms with Crippen molar-refractivity contribution in [3.05, 3.63) is 70.5 Å². The summed E-state index contributed by atoms with van der Waals surface area (Å²) in [4.78, 5) is 0. The molecule has 1 unspecified atom stereocenters. The average Bonchev–Trinajstić information content (AvgIpc) is 2.31. The summed E-state index contributed by atoms with van der Waals surface area (Å²) in [5.41, 5.74) is 1.98. The van der Waals surface area contributed by atoms with Crippen molar-refractivity contribution in [3.63, 3.8) is 0 Å². The number of halogens is 3. The van der Waals surface area contributed by atoms with E-state index in [4.69, 9.17) is 0 Å². The lowest BCUT2D eigenvalue weighted by molar-refractivity contribution is 0.570. The standard InChI is InChI=1S/C15H14F3N/c1-9-5-11(16)3-4-14(9)15(19-2)10-6-12(17)8-13(18)7-10/h3-8,15,19H,1-2H3. The zero-order valence-corrected chi connectivity index (χ0v) is 10.7. The Hall–Kier alpha value is -1.81. The van der Waals surface area contributed by atoms with Gasteiger partial charge < -0.3 is 5.32 Å². The first kappa shape index (κ1) is 13.6. The van der Waals surface area contributed by atoms with Gasteiger partial charge in [0.2, 0.25) is 0 Å². The zero-order valence-electron chi connectivity index (χ0n) is 10.7. The van der Waals surface area contributed by atoms with Gasteiger partial charge in [-0.05, 0) is 54.9 Å². The molecule has 0 aromatic heterocycles. The van der Waals surface area contributed by atoms with E-state index < -0.39 is 11.6 Å². The molecule has 0 amide bonds. The van der Waals surface area contributed by atoms with Gasteiger partial charge in [0, 0.05) is 6.07 Å². The van der Waals surface area contributed by atoms with E-state index in [2.05, 4.69) is 5.32 Å². The smallest absolute Gasteiger partial charge is 0.126 e. The minimum atomic E-state index is -0.630. The van der Waals surface area contributed by atoms with Gasteiger partial charge in [0.05, 0.1) is 6.04 Å². The summed E-state index contributed by atoms with van der Waals surface area (Å²) in [6.07, 6.45) is 0. The molecule has 2 aromatic carbocycles. The number of rotatable bonds is 3. The largest absolute Gasteiger partial charge is 0.309 e. The molecule has 0 fully saturated rings. The van der Waals surface area contributed by atoms with E-state index >= 15 is 0 Å². The highest BCUT2D eigenvalue weighted by molar-refractivity contribution is 5.37. The molecule has 2 rings (SSSR count). The van der Waals surface area contributed by atoms with Gasteiger partial charge in [0.15, 0.2) is 0 Å². The Bertz CT molecular complexity index is 576. The van der Waals surface area contributed by atoms with Crippen molar-refractivity contribution in [2.45, 2.75) is 13.0 Å². The van der Waals surface area contributed by atoms with Gasteiger partial charge in [-0.15, -0.1) is 0 Å². The van der Waals surface area contributed by atoms with Gasteiger partial charge in [-0.25, -0.2) is 13.2 Å². The van der Waals surface area contributed by atoms with Crippen molar-refractivity contribution in [3.8, 4) is 0 Å². The Morgan fingerprint density at radius 3 is 2.05 bits per heavy atom. The predicted molar refractivity (Wildman–Crippen MR) is 68.4 cm³/mol. The second kappa shape index (κ2) is 5.45. The molecule has 0 aliphatic carbocycles. The highest BCUT2D eigenvalue weighted by atomic mass is 19.1. The molecular weight excluding hydrogens is 251 g/mol. The number of hydrogen-bond donors (Lipinski definition) is 1. The summed E-state index contributed by atoms with van der Waals surface area (Å²) in [5, 5.41) is 2.99. The molecule has 0 aliphatic rings. The van der Waals surface area contributed by atoms with Gasteiger partial charge in [-0.3, -0.25) is 0 Å². The van der Waals surface area contributed by atoms with Gasteiger partial charge in [-0.2, -0.15) is 0 Å². The number of nitrogens with one attached hydrogen (secondary N) is 1. The van der Waals surface area contributed by atoms with Crippen molar-refractivity contribution in [2.75, 3.05) is 7.05 Å². The maximum Gasteiger partial charge on any atom is 0.126 e. The van der Waals surface area contributed by atoms with Crippen molar-refractivity contribution in [1.82, 2.24) is 5.32 Å². The normalized spacial score (nSPS) is 12.5. The summed E-state index contributed by atoms with van der Waals surface area (Å²) < 4.78 is 39.7. The van der Waals surface area contributed by atoms with Crippen LogP contribution in [0.2, 0.25) is 0 Å². The van der Waals surface area contributed by atoms with Crippen molar-refractivity contribution >= 4 is 0 Å². The molecule has 19 heavy (non-hydrogen) atoms. The Labute approximate surface area is 110 Å². The fraction of sp³-hybridized carbons (Fsp3) is 0.200. The van der Waals surface area contributed by atoms with Crippen LogP contribution in [-0.2, 0) is 0 Å². The summed E-state index contributed by atoms with van der Waals surface area (Å²) in [7, 11) is 1.69. The maximum absolute atomic E-state index is 13.3. The van der Waals surface area contributed by atoms with Crippen LogP contribution in [-0.4, -0.2) is 7.05 Å². The van der Waals surface area contributed by atoms with E-state index in [-0.39, 0.29) is 11.9 Å². The van der Waals surface area contributed by atoms with Gasteiger partial charge >= 0.3 is 0 Å². The van der Waals surface area contributed by atoms with Crippen molar-refractivity contribution < 1.29 is 13.2 Å². The van der Waals surface area contributed by atoms with Crippen LogP contribution in [0.25, 0.3) is 0 Å². The Kier molecular flexibility index (Phi) is 3.90. The molecule has 1 N–H and O–H groups in total. The van der Waals surface area contributed by atoms with Crippen LogP contribution in [0.15, 0.2) is 36.4 Å². The Morgan fingerprint density at radius 1 is 0.895 bits per heavy atom. The van der Waals surface area contributed by atoms with Gasteiger partial charge in [0.1, 0.15) is 17.5 Å². The minimum absolute atomic E-state index is 0.332. The second-order valence-electron chi connectivity index (χ2n) is 4.43. The molecular formula is C15H14F3N. The molecule has 0 heterocycles. The summed E-state index contributed by atoms with van der Waals surface area (Å²) in [5.74, 6) is -1.59. The lowest BCUT2D eigenvalue weighted by Gasteiger charge is -2.19. The van der Waals surface area contributed by atoms with E-state index in [1.165, 1.54) is 24.3 Å². The molecule has 0 radical (unpaired) electrons. The molecule has 0 bridgehead atoms. The van der Waals surface area contributed by atoms with Gasteiger partial charge in [-0.1, -0.05) is 6.07 Å². The first-order valence-corrected chi connectivity index (χ1v) is 5.90. The fourth-order valence-corrected chi connectivity index (χ4v) is 2.21. The topological polar surface area (TPSA) is 12.0 Å². The maximum atomic E-state index is 13.3. The SMILES string of the molecule is CNC(c1cc(F)cc(F)c1)c1ccc(F)cc1C. The third-order valence-corrected chi connectivity index (χ3v) is 3.05. The van der Waals surface area contributed by atoms with Crippen LogP contribution >= 0.6 is 0 Å². The molecule has 1 atom stereocenters. The van der Waals surface area contributed by atoms with E-state index in [1.807, 2.05) is 0 Å². The lowest BCUT2D eigenvalue weighted by atomic mass is 9.95. The van der Waals surface area contributed by atoms with E-state index in [0.717, 1.165) is 17.2 Å². The molecule has 1 nitrogen and oxygen atoms in total. The minimum Gasteiger partial charge on any atom is -0.309 e. The van der Waals surface area contributed by atoms with Crippen LogP contribution in [0, 0.1) is 24.4 Å². The van der Waals surface area contributed by atoms with Crippen LogP contribution in [0.5, 0.6) is 0 Å². The summed E-state index contributed by atoms with van der Waals surface area (Å²) in [6, 6.07) is 7.34. The van der Waals surface area contributed by atoms with Crippen LogP contribution in [0.1, 0.15) is 22.7 Å². The molecule has 0 saturated carbocycles. The van der Waals surface area contributed by atoms with Crippen LogP contribution < -0.4 is 5.32 Å². The number of hydrogen-bond acceptors (Lipinski definition) is 1. The quantitative estimate of drug-likeness (QED) is 0.891. The van der Waals surface area contributed by atoms with E-state index in [0.29, 0.717) is 5.56 Å². The van der Waals surface area contributed by atoms with Crippen LogP contribution in [0.4, 0.5) is 13.2 Å². The first-order valence-electron chi connectivity index (χ1n) is 5.90. The van der Waals surface area contributed by atoms with E-state index in [9.17, 15) is 13.2 Å². The summed E-state index contributed by atoms with van der Waals surface area (Å²) >= 11 is 0. The Balaban J connectivity index is 2.49. The molecule has 2 aromatic rings. The summed E-state index contributed by atoms with van der Waals surface area (Å²) in [6.45, 7) is 1.76. The first-order chi connectivity index (χ1) is 9.01. The highest BCUT2D eigenvalue weighted by Crippen LogP contribution is 2.26. The molecule has 100 valence electrons. The second-order valence-corrected chi connectivity index (χ2v) is 4.43. The monoisotopic (exact) mass is 265 g/mol. The number of benzene rings is 2. The zero-order chi connectivity index (χ0) is 14.0. The molecule has 0 spiro atoms. The highest BCUT2D eigenvalue weighted by Gasteiger charge is 2.16. The van der Waals surface area contributed by atoms with Gasteiger partial charge in [0.25, 0.3) is 0 Å². The third kappa shape index (κ3) is 2.96.